The van der Waals surface area contributed by atoms with Crippen LogP contribution in [0.5, 0.6) is 5.75 Å². The smallest absolute Gasteiger partial charge is 0.204 e. The Balaban J connectivity index is 1.79. The Morgan fingerprint density at radius 3 is 2.48 bits per heavy atom. The number of hydrazone groups is 1. The molecule has 2 N–H and O–H groups in total. The topological polar surface area (TPSA) is 57.5 Å². The molecule has 116 valence electrons. The fourth-order valence-electron chi connectivity index (χ4n) is 2.21. The van der Waals surface area contributed by atoms with Gasteiger partial charge in [-0.2, -0.15) is 5.10 Å². The Bertz CT molecular complexity index is 823. The third kappa shape index (κ3) is 3.57. The SMILES string of the molecule is C/C(=N/Nc1nc(-c2ccccc2)c(C)s1)c1ccc(O)cc1. The summed E-state index contributed by atoms with van der Waals surface area (Å²) >= 11 is 1.58. The van der Waals surface area contributed by atoms with Gasteiger partial charge < -0.3 is 5.11 Å². The van der Waals surface area contributed by atoms with Crippen LogP contribution in [-0.4, -0.2) is 15.8 Å². The van der Waals surface area contributed by atoms with Gasteiger partial charge in [0.15, 0.2) is 0 Å². The summed E-state index contributed by atoms with van der Waals surface area (Å²) in [5, 5.41) is 14.5. The highest BCUT2D eigenvalue weighted by molar-refractivity contribution is 7.15. The number of anilines is 1. The summed E-state index contributed by atoms with van der Waals surface area (Å²) in [6.45, 7) is 3.97. The summed E-state index contributed by atoms with van der Waals surface area (Å²) in [4.78, 5) is 5.77. The maximum Gasteiger partial charge on any atom is 0.204 e. The summed E-state index contributed by atoms with van der Waals surface area (Å²) in [5.74, 6) is 0.248. The van der Waals surface area contributed by atoms with Crippen molar-refractivity contribution < 1.29 is 5.11 Å². The van der Waals surface area contributed by atoms with Gasteiger partial charge >= 0.3 is 0 Å². The van der Waals surface area contributed by atoms with Gasteiger partial charge in [0.1, 0.15) is 5.75 Å². The van der Waals surface area contributed by atoms with Gasteiger partial charge in [0.05, 0.1) is 11.4 Å². The van der Waals surface area contributed by atoms with Crippen LogP contribution in [0.15, 0.2) is 59.7 Å². The van der Waals surface area contributed by atoms with Crippen LogP contribution in [0.25, 0.3) is 11.3 Å². The van der Waals surface area contributed by atoms with Gasteiger partial charge in [0.2, 0.25) is 5.13 Å². The number of nitrogens with one attached hydrogen (secondary N) is 1. The third-order valence-electron chi connectivity index (χ3n) is 3.45. The lowest BCUT2D eigenvalue weighted by Gasteiger charge is -2.01. The standard InChI is InChI=1S/C18H17N3OS/c1-12(14-8-10-16(22)11-9-14)20-21-18-19-17(13(2)23-18)15-6-4-3-5-7-15/h3-11,22H,1-2H3,(H,19,21)/b20-12-. The first-order valence-corrected chi connectivity index (χ1v) is 8.07. The first kappa shape index (κ1) is 15.2. The number of aromatic nitrogens is 1. The van der Waals surface area contributed by atoms with Gasteiger partial charge in [0, 0.05) is 10.4 Å². The molecule has 23 heavy (non-hydrogen) atoms. The monoisotopic (exact) mass is 323 g/mol. The molecule has 5 heteroatoms. The zero-order valence-electron chi connectivity index (χ0n) is 12.9. The zero-order valence-corrected chi connectivity index (χ0v) is 13.8. The molecule has 0 saturated carbocycles. The Morgan fingerprint density at radius 2 is 1.78 bits per heavy atom. The molecule has 3 aromatic rings. The summed E-state index contributed by atoms with van der Waals surface area (Å²) in [5.41, 5.74) is 6.89. The van der Waals surface area contributed by atoms with Crippen molar-refractivity contribution in [1.82, 2.24) is 4.98 Å². The van der Waals surface area contributed by atoms with Crippen molar-refractivity contribution in [3.05, 3.63) is 65.0 Å². The number of benzene rings is 2. The lowest BCUT2D eigenvalue weighted by atomic mass is 10.1. The minimum absolute atomic E-state index is 0.248. The summed E-state index contributed by atoms with van der Waals surface area (Å²) in [6.07, 6.45) is 0. The molecule has 0 fully saturated rings. The molecule has 0 saturated heterocycles. The highest BCUT2D eigenvalue weighted by atomic mass is 32.1. The highest BCUT2D eigenvalue weighted by Crippen LogP contribution is 2.30. The first-order chi connectivity index (χ1) is 11.1. The van der Waals surface area contributed by atoms with Crippen molar-refractivity contribution in [2.75, 3.05) is 5.43 Å². The van der Waals surface area contributed by atoms with Crippen LogP contribution in [-0.2, 0) is 0 Å². The van der Waals surface area contributed by atoms with Gasteiger partial charge in [-0.25, -0.2) is 4.98 Å². The number of nitrogens with zero attached hydrogens (tertiary/aromatic N) is 2. The Morgan fingerprint density at radius 1 is 1.09 bits per heavy atom. The van der Waals surface area contributed by atoms with E-state index in [1.54, 1.807) is 23.5 Å². The molecule has 3 rings (SSSR count). The summed E-state index contributed by atoms with van der Waals surface area (Å²) in [6, 6.07) is 17.1. The quantitative estimate of drug-likeness (QED) is 0.542. The lowest BCUT2D eigenvalue weighted by Crippen LogP contribution is -1.99. The Labute approximate surface area is 139 Å². The number of phenolic OH excluding ortho intramolecular Hbond substituents is 1. The largest absolute Gasteiger partial charge is 0.508 e. The highest BCUT2D eigenvalue weighted by Gasteiger charge is 2.09. The summed E-state index contributed by atoms with van der Waals surface area (Å²) in [7, 11) is 0. The second-order valence-electron chi connectivity index (χ2n) is 5.15. The molecular formula is C18H17N3OS. The number of hydrogen-bond acceptors (Lipinski definition) is 5. The molecule has 0 bridgehead atoms. The predicted octanol–water partition coefficient (Wildman–Crippen LogP) is 4.66. The van der Waals surface area contributed by atoms with Crippen molar-refractivity contribution in [3.8, 4) is 17.0 Å². The van der Waals surface area contributed by atoms with E-state index in [0.29, 0.717) is 0 Å². The van der Waals surface area contributed by atoms with E-state index in [4.69, 9.17) is 0 Å². The molecule has 1 aromatic heterocycles. The Kier molecular flexibility index (Phi) is 4.39. The lowest BCUT2D eigenvalue weighted by molar-refractivity contribution is 0.475. The molecule has 0 radical (unpaired) electrons. The van der Waals surface area contributed by atoms with Gasteiger partial charge in [-0.15, -0.1) is 11.3 Å². The van der Waals surface area contributed by atoms with Crippen LogP contribution in [0.1, 0.15) is 17.4 Å². The number of hydrogen-bond donors (Lipinski definition) is 2. The second-order valence-corrected chi connectivity index (χ2v) is 6.35. The Hall–Kier alpha value is -2.66. The first-order valence-electron chi connectivity index (χ1n) is 7.26. The van der Waals surface area contributed by atoms with Crippen LogP contribution in [0.2, 0.25) is 0 Å². The fourth-order valence-corrected chi connectivity index (χ4v) is 2.99. The maximum absolute atomic E-state index is 9.32. The number of thiazole rings is 1. The number of rotatable bonds is 4. The van der Waals surface area contributed by atoms with Crippen LogP contribution in [0.4, 0.5) is 5.13 Å². The van der Waals surface area contributed by atoms with Crippen molar-refractivity contribution >= 4 is 22.2 Å². The molecule has 0 atom stereocenters. The van der Waals surface area contributed by atoms with E-state index in [2.05, 4.69) is 34.6 Å². The molecule has 2 aromatic carbocycles. The normalized spacial score (nSPS) is 11.5. The van der Waals surface area contributed by atoms with Gasteiger partial charge in [-0.1, -0.05) is 30.3 Å². The molecule has 0 aliphatic heterocycles. The zero-order chi connectivity index (χ0) is 16.2. The van der Waals surface area contributed by atoms with Crippen molar-refractivity contribution in [2.24, 2.45) is 5.10 Å². The fraction of sp³-hybridized carbons (Fsp3) is 0.111. The van der Waals surface area contributed by atoms with Crippen LogP contribution < -0.4 is 5.43 Å². The van der Waals surface area contributed by atoms with Crippen LogP contribution in [0, 0.1) is 6.92 Å². The third-order valence-corrected chi connectivity index (χ3v) is 4.32. The average Bonchev–Trinajstić information content (AvgIpc) is 2.95. The number of aromatic hydroxyl groups is 1. The molecule has 0 spiro atoms. The second kappa shape index (κ2) is 6.62. The molecular weight excluding hydrogens is 306 g/mol. The summed E-state index contributed by atoms with van der Waals surface area (Å²) < 4.78 is 0. The van der Waals surface area contributed by atoms with Gasteiger partial charge in [0.25, 0.3) is 0 Å². The van der Waals surface area contributed by atoms with E-state index in [0.717, 1.165) is 32.5 Å². The maximum atomic E-state index is 9.32. The van der Waals surface area contributed by atoms with E-state index in [9.17, 15) is 5.11 Å². The minimum Gasteiger partial charge on any atom is -0.508 e. The van der Waals surface area contributed by atoms with E-state index >= 15 is 0 Å². The van der Waals surface area contributed by atoms with Crippen LogP contribution >= 0.6 is 11.3 Å². The average molecular weight is 323 g/mol. The van der Waals surface area contributed by atoms with Gasteiger partial charge in [-0.05, 0) is 43.7 Å². The molecule has 0 aliphatic rings. The van der Waals surface area contributed by atoms with E-state index < -0.39 is 0 Å². The number of aryl methyl sites for hydroxylation is 1. The molecule has 0 aliphatic carbocycles. The molecule has 1 heterocycles. The minimum atomic E-state index is 0.248. The van der Waals surface area contributed by atoms with Crippen molar-refractivity contribution in [1.29, 1.82) is 0 Å². The molecule has 4 nitrogen and oxygen atoms in total. The number of phenols is 1. The molecule has 0 amide bonds. The van der Waals surface area contributed by atoms with E-state index in [-0.39, 0.29) is 5.75 Å². The van der Waals surface area contributed by atoms with Gasteiger partial charge in [-0.3, -0.25) is 5.43 Å². The van der Waals surface area contributed by atoms with Crippen molar-refractivity contribution in [3.63, 3.8) is 0 Å². The van der Waals surface area contributed by atoms with E-state index in [1.165, 1.54) is 0 Å². The van der Waals surface area contributed by atoms with Crippen molar-refractivity contribution in [2.45, 2.75) is 13.8 Å². The van der Waals surface area contributed by atoms with Crippen LogP contribution in [0.3, 0.4) is 0 Å². The van der Waals surface area contributed by atoms with E-state index in [1.807, 2.05) is 37.3 Å². The predicted molar refractivity (Wildman–Crippen MR) is 96.2 cm³/mol. The molecule has 0 unspecified atom stereocenters.